The van der Waals surface area contributed by atoms with Crippen molar-refractivity contribution in [3.05, 3.63) is 11.5 Å². The fourth-order valence-corrected chi connectivity index (χ4v) is 1.16. The van der Waals surface area contributed by atoms with Gasteiger partial charge < -0.3 is 16.4 Å². The van der Waals surface area contributed by atoms with Gasteiger partial charge in [0.1, 0.15) is 5.82 Å². The minimum Gasteiger partial charge on any atom is -0.384 e. The standard InChI is InChI=1S/C8H15N3O/c1-5(2)10-6-3-4-7(12)11-8(6)9/h5,10H,3-4,9H2,1-2H3,(H,11,12). The minimum absolute atomic E-state index is 0.00167. The summed E-state index contributed by atoms with van der Waals surface area (Å²) in [5, 5.41) is 5.78. The van der Waals surface area contributed by atoms with Crippen LogP contribution in [0.5, 0.6) is 0 Å². The SMILES string of the molecule is CC(C)NC1=C(N)NC(=O)CC1. The number of carbonyl (C=O) groups is 1. The summed E-state index contributed by atoms with van der Waals surface area (Å²) in [6.45, 7) is 4.08. The molecule has 0 bridgehead atoms. The second-order valence-electron chi connectivity index (χ2n) is 3.24. The maximum absolute atomic E-state index is 10.9. The fraction of sp³-hybridized carbons (Fsp3) is 0.625. The highest BCUT2D eigenvalue weighted by Crippen LogP contribution is 2.09. The molecule has 0 atom stereocenters. The van der Waals surface area contributed by atoms with E-state index in [9.17, 15) is 4.79 Å². The lowest BCUT2D eigenvalue weighted by atomic mass is 10.1. The van der Waals surface area contributed by atoms with Crippen molar-refractivity contribution in [1.29, 1.82) is 0 Å². The first-order valence-corrected chi connectivity index (χ1v) is 4.14. The van der Waals surface area contributed by atoms with E-state index in [0.717, 1.165) is 12.1 Å². The van der Waals surface area contributed by atoms with E-state index in [1.807, 2.05) is 13.8 Å². The average molecular weight is 169 g/mol. The normalized spacial score (nSPS) is 18.1. The van der Waals surface area contributed by atoms with Crippen LogP contribution in [0.25, 0.3) is 0 Å². The highest BCUT2D eigenvalue weighted by atomic mass is 16.1. The molecule has 0 spiro atoms. The van der Waals surface area contributed by atoms with E-state index in [1.165, 1.54) is 0 Å². The molecule has 1 aliphatic heterocycles. The Labute approximate surface area is 72.2 Å². The van der Waals surface area contributed by atoms with E-state index in [-0.39, 0.29) is 5.91 Å². The quantitative estimate of drug-likeness (QED) is 0.546. The number of hydrogen-bond acceptors (Lipinski definition) is 3. The van der Waals surface area contributed by atoms with Crippen LogP contribution in [-0.2, 0) is 4.79 Å². The van der Waals surface area contributed by atoms with Gasteiger partial charge in [-0.05, 0) is 20.3 Å². The Morgan fingerprint density at radius 3 is 2.67 bits per heavy atom. The van der Waals surface area contributed by atoms with Crippen molar-refractivity contribution in [3.63, 3.8) is 0 Å². The molecule has 0 aromatic rings. The Morgan fingerprint density at radius 2 is 2.17 bits per heavy atom. The first-order chi connectivity index (χ1) is 5.59. The smallest absolute Gasteiger partial charge is 0.225 e. The van der Waals surface area contributed by atoms with Crippen LogP contribution >= 0.6 is 0 Å². The van der Waals surface area contributed by atoms with E-state index >= 15 is 0 Å². The summed E-state index contributed by atoms with van der Waals surface area (Å²) in [5.74, 6) is 0.474. The molecule has 4 heteroatoms. The molecule has 0 fully saturated rings. The van der Waals surface area contributed by atoms with Gasteiger partial charge in [0.05, 0.1) is 5.70 Å². The molecule has 68 valence electrons. The zero-order valence-corrected chi connectivity index (χ0v) is 7.48. The van der Waals surface area contributed by atoms with Gasteiger partial charge in [-0.15, -0.1) is 0 Å². The molecule has 0 aromatic carbocycles. The lowest BCUT2D eigenvalue weighted by Crippen LogP contribution is -2.38. The van der Waals surface area contributed by atoms with E-state index in [2.05, 4.69) is 10.6 Å². The average Bonchev–Trinajstić information content (AvgIpc) is 1.94. The van der Waals surface area contributed by atoms with Gasteiger partial charge in [-0.3, -0.25) is 4.79 Å². The highest BCUT2D eigenvalue weighted by molar-refractivity contribution is 5.79. The molecule has 0 unspecified atom stereocenters. The van der Waals surface area contributed by atoms with Crippen molar-refractivity contribution in [1.82, 2.24) is 10.6 Å². The fourth-order valence-electron chi connectivity index (χ4n) is 1.16. The van der Waals surface area contributed by atoms with Crippen molar-refractivity contribution in [2.75, 3.05) is 0 Å². The molecule has 1 amide bonds. The zero-order valence-electron chi connectivity index (χ0n) is 7.48. The van der Waals surface area contributed by atoms with Crippen LogP contribution in [0.1, 0.15) is 26.7 Å². The van der Waals surface area contributed by atoms with E-state index in [0.29, 0.717) is 18.3 Å². The molecule has 1 aliphatic rings. The third-order valence-electron chi connectivity index (χ3n) is 1.66. The van der Waals surface area contributed by atoms with Crippen LogP contribution in [-0.4, -0.2) is 11.9 Å². The van der Waals surface area contributed by atoms with Crippen molar-refractivity contribution in [2.24, 2.45) is 5.73 Å². The summed E-state index contributed by atoms with van der Waals surface area (Å²) >= 11 is 0. The second-order valence-corrected chi connectivity index (χ2v) is 3.24. The maximum atomic E-state index is 10.9. The number of amides is 1. The Hall–Kier alpha value is -1.19. The predicted octanol–water partition coefficient (Wildman–Crippen LogP) is 0.0222. The summed E-state index contributed by atoms with van der Waals surface area (Å²) in [7, 11) is 0. The third kappa shape index (κ3) is 2.15. The van der Waals surface area contributed by atoms with Crippen molar-refractivity contribution < 1.29 is 4.79 Å². The van der Waals surface area contributed by atoms with Gasteiger partial charge in [-0.1, -0.05) is 0 Å². The van der Waals surface area contributed by atoms with Crippen LogP contribution in [0.3, 0.4) is 0 Å². The van der Waals surface area contributed by atoms with Gasteiger partial charge in [0, 0.05) is 12.5 Å². The number of rotatable bonds is 2. The van der Waals surface area contributed by atoms with Gasteiger partial charge in [0.2, 0.25) is 5.91 Å². The Morgan fingerprint density at radius 1 is 1.50 bits per heavy atom. The van der Waals surface area contributed by atoms with Gasteiger partial charge in [-0.2, -0.15) is 0 Å². The van der Waals surface area contributed by atoms with E-state index < -0.39 is 0 Å². The van der Waals surface area contributed by atoms with Gasteiger partial charge in [-0.25, -0.2) is 0 Å². The molecule has 0 saturated heterocycles. The zero-order chi connectivity index (χ0) is 9.14. The first kappa shape index (κ1) is 8.90. The van der Waals surface area contributed by atoms with Crippen LogP contribution in [0.4, 0.5) is 0 Å². The lowest BCUT2D eigenvalue weighted by molar-refractivity contribution is -0.120. The Kier molecular flexibility index (Phi) is 2.58. The van der Waals surface area contributed by atoms with Crippen molar-refractivity contribution in [3.8, 4) is 0 Å². The summed E-state index contributed by atoms with van der Waals surface area (Å²) in [4.78, 5) is 10.9. The summed E-state index contributed by atoms with van der Waals surface area (Å²) in [5.41, 5.74) is 6.55. The minimum atomic E-state index is 0.00167. The summed E-state index contributed by atoms with van der Waals surface area (Å²) in [6, 6.07) is 0.355. The molecule has 0 aliphatic carbocycles. The molecule has 4 N–H and O–H groups in total. The maximum Gasteiger partial charge on any atom is 0.225 e. The van der Waals surface area contributed by atoms with E-state index in [1.54, 1.807) is 0 Å². The lowest BCUT2D eigenvalue weighted by Gasteiger charge is -2.21. The Balaban J connectivity index is 2.62. The van der Waals surface area contributed by atoms with Crippen molar-refractivity contribution >= 4 is 5.91 Å². The van der Waals surface area contributed by atoms with Crippen LogP contribution < -0.4 is 16.4 Å². The molecule has 4 nitrogen and oxygen atoms in total. The van der Waals surface area contributed by atoms with Gasteiger partial charge >= 0.3 is 0 Å². The topological polar surface area (TPSA) is 67.2 Å². The molecular weight excluding hydrogens is 154 g/mol. The van der Waals surface area contributed by atoms with Gasteiger partial charge in [0.15, 0.2) is 0 Å². The summed E-state index contributed by atoms with van der Waals surface area (Å²) in [6.07, 6.45) is 1.24. The van der Waals surface area contributed by atoms with Crippen LogP contribution in [0.2, 0.25) is 0 Å². The molecule has 0 aromatic heterocycles. The van der Waals surface area contributed by atoms with E-state index in [4.69, 9.17) is 5.73 Å². The molecular formula is C8H15N3O. The van der Waals surface area contributed by atoms with Crippen LogP contribution in [0.15, 0.2) is 11.5 Å². The molecule has 0 saturated carbocycles. The molecule has 1 rings (SSSR count). The molecule has 0 radical (unpaired) electrons. The highest BCUT2D eigenvalue weighted by Gasteiger charge is 2.15. The molecule has 1 heterocycles. The number of nitrogens with one attached hydrogen (secondary N) is 2. The Bertz CT molecular complexity index is 220. The van der Waals surface area contributed by atoms with Gasteiger partial charge in [0.25, 0.3) is 0 Å². The van der Waals surface area contributed by atoms with Crippen LogP contribution in [0, 0.1) is 0 Å². The molecule has 12 heavy (non-hydrogen) atoms. The first-order valence-electron chi connectivity index (χ1n) is 4.14. The number of allylic oxidation sites excluding steroid dienone is 1. The number of nitrogens with two attached hydrogens (primary N) is 1. The number of carbonyl (C=O) groups excluding carboxylic acids is 1. The third-order valence-corrected chi connectivity index (χ3v) is 1.66. The predicted molar refractivity (Wildman–Crippen MR) is 46.9 cm³/mol. The summed E-state index contributed by atoms with van der Waals surface area (Å²) < 4.78 is 0. The number of hydrogen-bond donors (Lipinski definition) is 3. The second kappa shape index (κ2) is 3.47. The monoisotopic (exact) mass is 169 g/mol. The van der Waals surface area contributed by atoms with Crippen molar-refractivity contribution in [2.45, 2.75) is 32.7 Å². The largest absolute Gasteiger partial charge is 0.384 e.